The normalized spacial score (nSPS) is 19.7. The Morgan fingerprint density at radius 2 is 2.31 bits per heavy atom. The first kappa shape index (κ1) is 11.5. The molecule has 5 nitrogen and oxygen atoms in total. The standard InChI is InChI=1S/C11H19N3O2/c1-3-15-7-11(2,12)10-13-9(16-14-10)6-8-4-5-8/h8H,3-7,12H2,1-2H3. The van der Waals surface area contributed by atoms with Gasteiger partial charge in [0.25, 0.3) is 0 Å². The lowest BCUT2D eigenvalue weighted by molar-refractivity contribution is 0.0962. The summed E-state index contributed by atoms with van der Waals surface area (Å²) in [6, 6.07) is 0. The summed E-state index contributed by atoms with van der Waals surface area (Å²) in [6.07, 6.45) is 3.44. The molecule has 1 heterocycles. The molecule has 5 heteroatoms. The number of nitrogens with zero attached hydrogens (tertiary/aromatic N) is 2. The average Bonchev–Trinajstić information content (AvgIpc) is 2.91. The first-order chi connectivity index (χ1) is 7.62. The lowest BCUT2D eigenvalue weighted by Gasteiger charge is -2.19. The Kier molecular flexibility index (Phi) is 3.25. The molecule has 90 valence electrons. The second-order valence-corrected chi connectivity index (χ2v) is 4.71. The molecule has 1 fully saturated rings. The minimum atomic E-state index is -0.665. The molecule has 0 aliphatic heterocycles. The Labute approximate surface area is 95.3 Å². The molecule has 1 aromatic heterocycles. The maximum absolute atomic E-state index is 6.07. The summed E-state index contributed by atoms with van der Waals surface area (Å²) in [7, 11) is 0. The highest BCUT2D eigenvalue weighted by Crippen LogP contribution is 2.32. The van der Waals surface area contributed by atoms with E-state index in [2.05, 4.69) is 10.1 Å². The summed E-state index contributed by atoms with van der Waals surface area (Å²) in [5, 5.41) is 3.93. The second-order valence-electron chi connectivity index (χ2n) is 4.71. The van der Waals surface area contributed by atoms with Crippen LogP contribution in [0.5, 0.6) is 0 Å². The van der Waals surface area contributed by atoms with Crippen LogP contribution >= 0.6 is 0 Å². The highest BCUT2D eigenvalue weighted by atomic mass is 16.5. The fourth-order valence-corrected chi connectivity index (χ4v) is 1.52. The number of rotatable bonds is 6. The predicted molar refractivity (Wildman–Crippen MR) is 58.8 cm³/mol. The Morgan fingerprint density at radius 1 is 1.56 bits per heavy atom. The van der Waals surface area contributed by atoms with Crippen LogP contribution in [0.25, 0.3) is 0 Å². The zero-order chi connectivity index (χ0) is 11.6. The maximum atomic E-state index is 6.07. The van der Waals surface area contributed by atoms with E-state index in [9.17, 15) is 0 Å². The molecule has 0 radical (unpaired) electrons. The van der Waals surface area contributed by atoms with Crippen molar-refractivity contribution in [2.75, 3.05) is 13.2 Å². The number of hydrogen-bond donors (Lipinski definition) is 1. The molecular formula is C11H19N3O2. The van der Waals surface area contributed by atoms with Gasteiger partial charge in [-0.3, -0.25) is 0 Å². The molecule has 1 aromatic rings. The fourth-order valence-electron chi connectivity index (χ4n) is 1.52. The second kappa shape index (κ2) is 4.51. The van der Waals surface area contributed by atoms with Gasteiger partial charge in [0, 0.05) is 13.0 Å². The van der Waals surface area contributed by atoms with Crippen molar-refractivity contribution >= 4 is 0 Å². The lowest BCUT2D eigenvalue weighted by Crippen LogP contribution is -2.39. The fraction of sp³-hybridized carbons (Fsp3) is 0.818. The Balaban J connectivity index is 1.98. The van der Waals surface area contributed by atoms with Crippen molar-refractivity contribution in [3.63, 3.8) is 0 Å². The SMILES string of the molecule is CCOCC(C)(N)c1noc(CC2CC2)n1. The van der Waals surface area contributed by atoms with E-state index in [1.807, 2.05) is 13.8 Å². The van der Waals surface area contributed by atoms with E-state index in [-0.39, 0.29) is 0 Å². The van der Waals surface area contributed by atoms with Gasteiger partial charge in [0.05, 0.1) is 6.61 Å². The van der Waals surface area contributed by atoms with E-state index in [4.69, 9.17) is 15.0 Å². The van der Waals surface area contributed by atoms with Crippen molar-refractivity contribution in [2.24, 2.45) is 11.7 Å². The van der Waals surface area contributed by atoms with Crippen molar-refractivity contribution in [1.29, 1.82) is 0 Å². The van der Waals surface area contributed by atoms with Gasteiger partial charge in [-0.2, -0.15) is 4.98 Å². The molecule has 1 aliphatic rings. The lowest BCUT2D eigenvalue weighted by atomic mass is 10.1. The molecule has 0 bridgehead atoms. The molecule has 0 amide bonds. The van der Waals surface area contributed by atoms with Gasteiger partial charge in [-0.15, -0.1) is 0 Å². The minimum absolute atomic E-state index is 0.409. The predicted octanol–water partition coefficient (Wildman–Crippen LogP) is 1.23. The van der Waals surface area contributed by atoms with Gasteiger partial charge in [-0.05, 0) is 32.6 Å². The Morgan fingerprint density at radius 3 is 2.94 bits per heavy atom. The molecule has 2 N–H and O–H groups in total. The van der Waals surface area contributed by atoms with Crippen LogP contribution in [-0.4, -0.2) is 23.4 Å². The topological polar surface area (TPSA) is 74.2 Å². The third kappa shape index (κ3) is 2.80. The summed E-state index contributed by atoms with van der Waals surface area (Å²) in [6.45, 7) is 4.84. The quantitative estimate of drug-likeness (QED) is 0.788. The van der Waals surface area contributed by atoms with Crippen LogP contribution in [0, 0.1) is 5.92 Å². The number of aromatic nitrogens is 2. The van der Waals surface area contributed by atoms with Crippen molar-refractivity contribution in [1.82, 2.24) is 10.1 Å². The molecule has 0 saturated heterocycles. The van der Waals surface area contributed by atoms with Crippen molar-refractivity contribution in [3.05, 3.63) is 11.7 Å². The molecule has 1 aliphatic carbocycles. The molecule has 1 atom stereocenters. The molecular weight excluding hydrogens is 206 g/mol. The summed E-state index contributed by atoms with van der Waals surface area (Å²) in [4.78, 5) is 4.33. The summed E-state index contributed by atoms with van der Waals surface area (Å²) >= 11 is 0. The van der Waals surface area contributed by atoms with E-state index in [0.717, 1.165) is 12.3 Å². The van der Waals surface area contributed by atoms with Gasteiger partial charge in [-0.1, -0.05) is 5.16 Å². The van der Waals surface area contributed by atoms with Crippen molar-refractivity contribution < 1.29 is 9.26 Å². The monoisotopic (exact) mass is 225 g/mol. The molecule has 0 spiro atoms. The number of hydrogen-bond acceptors (Lipinski definition) is 5. The zero-order valence-electron chi connectivity index (χ0n) is 9.90. The number of nitrogens with two attached hydrogens (primary N) is 1. The zero-order valence-corrected chi connectivity index (χ0v) is 9.90. The van der Waals surface area contributed by atoms with E-state index in [1.165, 1.54) is 12.8 Å². The largest absolute Gasteiger partial charge is 0.379 e. The third-order valence-electron chi connectivity index (χ3n) is 2.75. The smallest absolute Gasteiger partial charge is 0.226 e. The van der Waals surface area contributed by atoms with Crippen LogP contribution in [-0.2, 0) is 16.7 Å². The molecule has 1 unspecified atom stereocenters. The van der Waals surface area contributed by atoms with Crippen LogP contribution in [0.1, 0.15) is 38.4 Å². The molecule has 2 rings (SSSR count). The summed E-state index contributed by atoms with van der Waals surface area (Å²) in [5.74, 6) is 1.98. The van der Waals surface area contributed by atoms with Gasteiger partial charge in [0.1, 0.15) is 5.54 Å². The number of ether oxygens (including phenoxy) is 1. The van der Waals surface area contributed by atoms with E-state index < -0.39 is 5.54 Å². The maximum Gasteiger partial charge on any atom is 0.226 e. The van der Waals surface area contributed by atoms with Crippen molar-refractivity contribution in [3.8, 4) is 0 Å². The molecule has 0 aromatic carbocycles. The Hall–Kier alpha value is -0.940. The van der Waals surface area contributed by atoms with E-state index in [1.54, 1.807) is 0 Å². The Bertz CT molecular complexity index is 345. The summed E-state index contributed by atoms with van der Waals surface area (Å²) < 4.78 is 10.5. The molecule has 16 heavy (non-hydrogen) atoms. The van der Waals surface area contributed by atoms with Gasteiger partial charge in [0.15, 0.2) is 5.82 Å². The van der Waals surface area contributed by atoms with Crippen LogP contribution < -0.4 is 5.73 Å². The minimum Gasteiger partial charge on any atom is -0.379 e. The highest BCUT2D eigenvalue weighted by Gasteiger charge is 2.30. The first-order valence-electron chi connectivity index (χ1n) is 5.81. The first-order valence-corrected chi connectivity index (χ1v) is 5.81. The summed E-state index contributed by atoms with van der Waals surface area (Å²) in [5.41, 5.74) is 5.41. The van der Waals surface area contributed by atoms with Crippen LogP contribution in [0.4, 0.5) is 0 Å². The van der Waals surface area contributed by atoms with Gasteiger partial charge in [-0.25, -0.2) is 0 Å². The highest BCUT2D eigenvalue weighted by molar-refractivity contribution is 5.02. The van der Waals surface area contributed by atoms with Gasteiger partial charge >= 0.3 is 0 Å². The average molecular weight is 225 g/mol. The van der Waals surface area contributed by atoms with Crippen LogP contribution in [0.15, 0.2) is 4.52 Å². The van der Waals surface area contributed by atoms with E-state index in [0.29, 0.717) is 24.9 Å². The third-order valence-corrected chi connectivity index (χ3v) is 2.75. The van der Waals surface area contributed by atoms with Crippen LogP contribution in [0.2, 0.25) is 0 Å². The van der Waals surface area contributed by atoms with E-state index >= 15 is 0 Å². The van der Waals surface area contributed by atoms with Gasteiger partial charge < -0.3 is 15.0 Å². The van der Waals surface area contributed by atoms with Gasteiger partial charge in [0.2, 0.25) is 5.89 Å². The molecule has 1 saturated carbocycles. The van der Waals surface area contributed by atoms with Crippen molar-refractivity contribution in [2.45, 2.75) is 38.6 Å². The van der Waals surface area contributed by atoms with Crippen LogP contribution in [0.3, 0.4) is 0 Å².